The molecule has 7 nitrogen and oxygen atoms in total. The molecule has 0 spiro atoms. The fourth-order valence-electron chi connectivity index (χ4n) is 2.60. The summed E-state index contributed by atoms with van der Waals surface area (Å²) in [5.74, 6) is 0.619. The molecule has 0 aliphatic carbocycles. The molecular weight excluding hydrogens is 308 g/mol. The molecule has 0 bridgehead atoms. The normalized spacial score (nSPS) is 13.2. The van der Waals surface area contributed by atoms with Crippen LogP contribution in [0.2, 0.25) is 0 Å². The Kier molecular flexibility index (Phi) is 4.61. The Balaban J connectivity index is 1.63. The SMILES string of the molecule is CN(C)C(=O)c1ccc(C(=O)NCc2cnc3n2CCOC3)cc1. The molecule has 0 saturated heterocycles. The van der Waals surface area contributed by atoms with Gasteiger partial charge in [-0.15, -0.1) is 0 Å². The minimum Gasteiger partial charge on any atom is -0.372 e. The van der Waals surface area contributed by atoms with Gasteiger partial charge < -0.3 is 19.5 Å². The lowest BCUT2D eigenvalue weighted by molar-refractivity contribution is 0.0802. The lowest BCUT2D eigenvalue weighted by atomic mass is 10.1. The number of benzene rings is 1. The Morgan fingerprint density at radius 1 is 1.25 bits per heavy atom. The third kappa shape index (κ3) is 3.30. The molecule has 0 unspecified atom stereocenters. The van der Waals surface area contributed by atoms with E-state index in [0.717, 1.165) is 18.1 Å². The minimum atomic E-state index is -0.179. The second-order valence-electron chi connectivity index (χ2n) is 5.83. The van der Waals surface area contributed by atoms with E-state index in [1.807, 2.05) is 0 Å². The van der Waals surface area contributed by atoms with Crippen LogP contribution in [0, 0.1) is 0 Å². The summed E-state index contributed by atoms with van der Waals surface area (Å²) < 4.78 is 7.42. The highest BCUT2D eigenvalue weighted by atomic mass is 16.5. The molecule has 2 amide bonds. The molecule has 1 aromatic carbocycles. The summed E-state index contributed by atoms with van der Waals surface area (Å²) in [6.45, 7) is 2.33. The topological polar surface area (TPSA) is 76.5 Å². The third-order valence-corrected chi connectivity index (χ3v) is 3.94. The van der Waals surface area contributed by atoms with Crippen molar-refractivity contribution in [3.63, 3.8) is 0 Å². The Hall–Kier alpha value is -2.67. The first-order valence-electron chi connectivity index (χ1n) is 7.77. The van der Waals surface area contributed by atoms with Crippen molar-refractivity contribution in [3.05, 3.63) is 53.1 Å². The molecule has 1 aliphatic heterocycles. The monoisotopic (exact) mass is 328 g/mol. The van der Waals surface area contributed by atoms with E-state index in [4.69, 9.17) is 4.74 Å². The number of carbonyl (C=O) groups excluding carboxylic acids is 2. The van der Waals surface area contributed by atoms with Gasteiger partial charge >= 0.3 is 0 Å². The highest BCUT2D eigenvalue weighted by Gasteiger charge is 2.15. The number of nitrogens with one attached hydrogen (secondary N) is 1. The second kappa shape index (κ2) is 6.84. The van der Waals surface area contributed by atoms with Gasteiger partial charge in [0.2, 0.25) is 0 Å². The summed E-state index contributed by atoms with van der Waals surface area (Å²) in [6, 6.07) is 6.64. The van der Waals surface area contributed by atoms with Crippen LogP contribution in [-0.2, 0) is 24.4 Å². The maximum absolute atomic E-state index is 12.3. The number of amides is 2. The van der Waals surface area contributed by atoms with Crippen LogP contribution in [0.4, 0.5) is 0 Å². The predicted molar refractivity (Wildman–Crippen MR) is 87.5 cm³/mol. The average molecular weight is 328 g/mol. The zero-order chi connectivity index (χ0) is 17.1. The van der Waals surface area contributed by atoms with Gasteiger partial charge in [-0.05, 0) is 24.3 Å². The molecule has 1 aromatic heterocycles. The van der Waals surface area contributed by atoms with Crippen molar-refractivity contribution in [2.75, 3.05) is 20.7 Å². The lowest BCUT2D eigenvalue weighted by Gasteiger charge is -2.17. The largest absolute Gasteiger partial charge is 0.372 e. The number of rotatable bonds is 4. The molecule has 0 radical (unpaired) electrons. The molecule has 2 heterocycles. The third-order valence-electron chi connectivity index (χ3n) is 3.94. The van der Waals surface area contributed by atoms with Gasteiger partial charge in [-0.3, -0.25) is 9.59 Å². The van der Waals surface area contributed by atoms with Crippen LogP contribution in [0.5, 0.6) is 0 Å². The van der Waals surface area contributed by atoms with Crippen molar-refractivity contribution in [1.82, 2.24) is 19.8 Å². The Morgan fingerprint density at radius 2 is 1.96 bits per heavy atom. The summed E-state index contributed by atoms with van der Waals surface area (Å²) in [6.07, 6.45) is 1.77. The van der Waals surface area contributed by atoms with Crippen LogP contribution in [0.15, 0.2) is 30.5 Å². The molecule has 1 N–H and O–H groups in total. The molecular formula is C17H20N4O3. The van der Waals surface area contributed by atoms with E-state index in [1.54, 1.807) is 44.6 Å². The Labute approximate surface area is 140 Å². The van der Waals surface area contributed by atoms with Gasteiger partial charge in [-0.2, -0.15) is 0 Å². The van der Waals surface area contributed by atoms with Crippen LogP contribution in [0.25, 0.3) is 0 Å². The van der Waals surface area contributed by atoms with Crippen LogP contribution in [0.3, 0.4) is 0 Å². The van der Waals surface area contributed by atoms with Gasteiger partial charge in [0.05, 0.1) is 25.0 Å². The number of hydrogen-bond acceptors (Lipinski definition) is 4. The molecule has 24 heavy (non-hydrogen) atoms. The first-order chi connectivity index (χ1) is 11.6. The van der Waals surface area contributed by atoms with Crippen molar-refractivity contribution < 1.29 is 14.3 Å². The van der Waals surface area contributed by atoms with Gasteiger partial charge in [0.15, 0.2) is 0 Å². The number of aromatic nitrogens is 2. The number of ether oxygens (including phenoxy) is 1. The summed E-state index contributed by atoms with van der Waals surface area (Å²) in [7, 11) is 3.39. The predicted octanol–water partition coefficient (Wildman–Crippen LogP) is 1.05. The molecule has 2 aromatic rings. The van der Waals surface area contributed by atoms with E-state index in [-0.39, 0.29) is 11.8 Å². The van der Waals surface area contributed by atoms with Crippen LogP contribution in [-0.4, -0.2) is 47.0 Å². The van der Waals surface area contributed by atoms with Crippen molar-refractivity contribution >= 4 is 11.8 Å². The summed E-state index contributed by atoms with van der Waals surface area (Å²) in [4.78, 5) is 29.9. The molecule has 126 valence electrons. The first kappa shape index (κ1) is 16.2. The number of nitrogens with zero attached hydrogens (tertiary/aromatic N) is 3. The molecule has 0 atom stereocenters. The maximum Gasteiger partial charge on any atom is 0.253 e. The fourth-order valence-corrected chi connectivity index (χ4v) is 2.60. The number of fused-ring (bicyclic) bond motifs is 1. The van der Waals surface area contributed by atoms with Crippen LogP contribution < -0.4 is 5.32 Å². The Bertz CT molecular complexity index is 750. The van der Waals surface area contributed by atoms with E-state index in [9.17, 15) is 9.59 Å². The van der Waals surface area contributed by atoms with E-state index in [0.29, 0.717) is 30.9 Å². The first-order valence-corrected chi connectivity index (χ1v) is 7.77. The van der Waals surface area contributed by atoms with Gasteiger partial charge in [0.25, 0.3) is 11.8 Å². The average Bonchev–Trinajstić information content (AvgIpc) is 3.02. The van der Waals surface area contributed by atoms with Gasteiger partial charge in [-0.25, -0.2) is 4.98 Å². The number of carbonyl (C=O) groups is 2. The van der Waals surface area contributed by atoms with Crippen molar-refractivity contribution in [3.8, 4) is 0 Å². The summed E-state index contributed by atoms with van der Waals surface area (Å²) >= 11 is 0. The Morgan fingerprint density at radius 3 is 2.67 bits per heavy atom. The standard InChI is InChI=1S/C17H20N4O3/c1-20(2)17(23)13-5-3-12(4-6-13)16(22)19-10-14-9-18-15-11-24-8-7-21(14)15/h3-6,9H,7-8,10-11H2,1-2H3,(H,19,22). The van der Waals surface area contributed by atoms with E-state index in [2.05, 4.69) is 14.9 Å². The molecule has 3 rings (SSSR count). The van der Waals surface area contributed by atoms with Crippen molar-refractivity contribution in [1.29, 1.82) is 0 Å². The number of imidazole rings is 1. The molecule has 1 aliphatic rings. The van der Waals surface area contributed by atoms with E-state index in [1.165, 1.54) is 4.90 Å². The summed E-state index contributed by atoms with van der Waals surface area (Å²) in [5, 5.41) is 2.89. The molecule has 7 heteroatoms. The summed E-state index contributed by atoms with van der Waals surface area (Å²) in [5.41, 5.74) is 2.04. The van der Waals surface area contributed by atoms with E-state index >= 15 is 0 Å². The minimum absolute atomic E-state index is 0.0879. The highest BCUT2D eigenvalue weighted by Crippen LogP contribution is 2.12. The maximum atomic E-state index is 12.3. The van der Waals surface area contributed by atoms with Gasteiger partial charge in [-0.1, -0.05) is 0 Å². The zero-order valence-corrected chi connectivity index (χ0v) is 13.8. The fraction of sp³-hybridized carbons (Fsp3) is 0.353. The molecule has 0 fully saturated rings. The van der Waals surface area contributed by atoms with Crippen molar-refractivity contribution in [2.45, 2.75) is 19.7 Å². The van der Waals surface area contributed by atoms with Gasteiger partial charge in [0.1, 0.15) is 12.4 Å². The van der Waals surface area contributed by atoms with Crippen molar-refractivity contribution in [2.24, 2.45) is 0 Å². The number of hydrogen-bond donors (Lipinski definition) is 1. The lowest BCUT2D eigenvalue weighted by Crippen LogP contribution is -2.26. The highest BCUT2D eigenvalue weighted by molar-refractivity contribution is 5.97. The smallest absolute Gasteiger partial charge is 0.253 e. The van der Waals surface area contributed by atoms with Gasteiger partial charge in [0, 0.05) is 31.8 Å². The van der Waals surface area contributed by atoms with Crippen LogP contribution >= 0.6 is 0 Å². The van der Waals surface area contributed by atoms with Crippen LogP contribution in [0.1, 0.15) is 32.2 Å². The second-order valence-corrected chi connectivity index (χ2v) is 5.83. The zero-order valence-electron chi connectivity index (χ0n) is 13.8. The molecule has 0 saturated carbocycles. The quantitative estimate of drug-likeness (QED) is 0.910. The van der Waals surface area contributed by atoms with E-state index < -0.39 is 0 Å².